The Morgan fingerprint density at radius 3 is 2.88 bits per heavy atom. The fourth-order valence-corrected chi connectivity index (χ4v) is 2.77. The quantitative estimate of drug-likeness (QED) is 0.919. The summed E-state index contributed by atoms with van der Waals surface area (Å²) < 4.78 is 5.45. The van der Waals surface area contributed by atoms with Crippen LogP contribution in [0.2, 0.25) is 5.02 Å². The second-order valence-corrected chi connectivity index (χ2v) is 5.92. The normalized spacial score (nSPS) is 13.2. The molecule has 1 N–H and O–H groups in total. The van der Waals surface area contributed by atoms with Gasteiger partial charge < -0.3 is 15.0 Å². The largest absolute Gasteiger partial charge is 0.482 e. The molecule has 2 aromatic rings. The van der Waals surface area contributed by atoms with Crippen LogP contribution in [-0.2, 0) is 4.79 Å². The van der Waals surface area contributed by atoms with Crippen molar-refractivity contribution in [2.45, 2.75) is 13.3 Å². The van der Waals surface area contributed by atoms with Crippen LogP contribution < -0.4 is 15.0 Å². The zero-order chi connectivity index (χ0) is 17.1. The molecule has 0 spiro atoms. The Bertz CT molecular complexity index is 792. The van der Waals surface area contributed by atoms with E-state index < -0.39 is 0 Å². The van der Waals surface area contributed by atoms with Gasteiger partial charge >= 0.3 is 0 Å². The molecule has 0 atom stereocenters. The first-order valence-corrected chi connectivity index (χ1v) is 8.10. The second kappa shape index (κ2) is 6.93. The van der Waals surface area contributed by atoms with Crippen molar-refractivity contribution < 1.29 is 14.3 Å². The molecule has 1 aliphatic heterocycles. The lowest BCUT2D eigenvalue weighted by Crippen LogP contribution is -2.39. The second-order valence-electron chi connectivity index (χ2n) is 5.48. The molecule has 0 radical (unpaired) electrons. The van der Waals surface area contributed by atoms with Gasteiger partial charge in [0.05, 0.1) is 5.69 Å². The summed E-state index contributed by atoms with van der Waals surface area (Å²) in [5, 5.41) is 3.32. The van der Waals surface area contributed by atoms with Crippen molar-refractivity contribution in [3.63, 3.8) is 0 Å². The van der Waals surface area contributed by atoms with Crippen molar-refractivity contribution >= 4 is 34.8 Å². The van der Waals surface area contributed by atoms with Gasteiger partial charge in [0.25, 0.3) is 11.8 Å². The SMILES string of the molecule is CCCN1C(=O)COc2ccc(NC(=O)c3cccc(Cl)c3)cc21. The highest BCUT2D eigenvalue weighted by atomic mass is 35.5. The van der Waals surface area contributed by atoms with Crippen molar-refractivity contribution in [3.8, 4) is 5.75 Å². The van der Waals surface area contributed by atoms with E-state index >= 15 is 0 Å². The van der Waals surface area contributed by atoms with Gasteiger partial charge in [0.1, 0.15) is 5.75 Å². The van der Waals surface area contributed by atoms with Gasteiger partial charge in [-0.3, -0.25) is 9.59 Å². The van der Waals surface area contributed by atoms with Crippen LogP contribution in [0.3, 0.4) is 0 Å². The molecule has 0 saturated carbocycles. The number of carbonyl (C=O) groups is 2. The number of hydrogen-bond acceptors (Lipinski definition) is 3. The fraction of sp³-hybridized carbons (Fsp3) is 0.222. The smallest absolute Gasteiger partial charge is 0.265 e. The first-order chi connectivity index (χ1) is 11.6. The monoisotopic (exact) mass is 344 g/mol. The minimum Gasteiger partial charge on any atom is -0.482 e. The van der Waals surface area contributed by atoms with E-state index in [2.05, 4.69) is 5.32 Å². The maximum Gasteiger partial charge on any atom is 0.265 e. The van der Waals surface area contributed by atoms with Crippen LogP contribution in [0, 0.1) is 0 Å². The molecule has 1 aliphatic rings. The number of nitrogens with one attached hydrogen (secondary N) is 1. The number of rotatable bonds is 4. The van der Waals surface area contributed by atoms with Gasteiger partial charge in [0.15, 0.2) is 6.61 Å². The van der Waals surface area contributed by atoms with Crippen LogP contribution >= 0.6 is 11.6 Å². The average Bonchev–Trinajstić information content (AvgIpc) is 2.57. The summed E-state index contributed by atoms with van der Waals surface area (Å²) in [5.41, 5.74) is 1.74. The first-order valence-electron chi connectivity index (χ1n) is 7.72. The van der Waals surface area contributed by atoms with Crippen LogP contribution in [0.1, 0.15) is 23.7 Å². The molecule has 0 aromatic heterocycles. The Labute approximate surface area is 145 Å². The lowest BCUT2D eigenvalue weighted by atomic mass is 10.1. The van der Waals surface area contributed by atoms with Gasteiger partial charge in [0.2, 0.25) is 0 Å². The van der Waals surface area contributed by atoms with Crippen LogP contribution in [0.15, 0.2) is 42.5 Å². The van der Waals surface area contributed by atoms with Gasteiger partial charge in [0, 0.05) is 22.8 Å². The fourth-order valence-electron chi connectivity index (χ4n) is 2.58. The third-order valence-electron chi connectivity index (χ3n) is 3.69. The average molecular weight is 345 g/mol. The Morgan fingerprint density at radius 2 is 2.12 bits per heavy atom. The van der Waals surface area contributed by atoms with Gasteiger partial charge in [-0.15, -0.1) is 0 Å². The van der Waals surface area contributed by atoms with Gasteiger partial charge in [-0.1, -0.05) is 24.6 Å². The van der Waals surface area contributed by atoms with Crippen molar-refractivity contribution in [2.75, 3.05) is 23.4 Å². The van der Waals surface area contributed by atoms with E-state index in [0.29, 0.717) is 34.3 Å². The zero-order valence-electron chi connectivity index (χ0n) is 13.2. The standard InChI is InChI=1S/C18H17ClN2O3/c1-2-8-21-15-10-14(6-7-16(15)24-11-17(21)22)20-18(23)12-4-3-5-13(19)9-12/h3-7,9-10H,2,8,11H2,1H3,(H,20,23). The van der Waals surface area contributed by atoms with E-state index in [0.717, 1.165) is 6.42 Å². The molecule has 24 heavy (non-hydrogen) atoms. The summed E-state index contributed by atoms with van der Waals surface area (Å²) in [6.07, 6.45) is 0.838. The van der Waals surface area contributed by atoms with E-state index in [1.807, 2.05) is 6.92 Å². The molecule has 0 aliphatic carbocycles. The molecule has 5 nitrogen and oxygen atoms in total. The number of amides is 2. The zero-order valence-corrected chi connectivity index (χ0v) is 14.0. The highest BCUT2D eigenvalue weighted by Crippen LogP contribution is 2.34. The summed E-state index contributed by atoms with van der Waals surface area (Å²) in [4.78, 5) is 26.1. The number of halogens is 1. The molecule has 6 heteroatoms. The number of hydrogen-bond donors (Lipinski definition) is 1. The van der Waals surface area contributed by atoms with Gasteiger partial charge in [-0.05, 0) is 42.8 Å². The molecular formula is C18H17ClN2O3. The third-order valence-corrected chi connectivity index (χ3v) is 3.93. The van der Waals surface area contributed by atoms with Crippen molar-refractivity contribution in [1.29, 1.82) is 0 Å². The number of benzene rings is 2. The highest BCUT2D eigenvalue weighted by molar-refractivity contribution is 6.31. The molecule has 0 bridgehead atoms. The summed E-state index contributed by atoms with van der Waals surface area (Å²) in [6, 6.07) is 12.0. The molecule has 0 unspecified atom stereocenters. The lowest BCUT2D eigenvalue weighted by Gasteiger charge is -2.29. The molecule has 0 saturated heterocycles. The predicted molar refractivity (Wildman–Crippen MR) is 94.0 cm³/mol. The van der Waals surface area contributed by atoms with E-state index in [9.17, 15) is 9.59 Å². The van der Waals surface area contributed by atoms with Crippen LogP contribution in [-0.4, -0.2) is 25.0 Å². The molecule has 1 heterocycles. The maximum atomic E-state index is 12.3. The first kappa shape index (κ1) is 16.3. The Hall–Kier alpha value is -2.53. The Balaban J connectivity index is 1.85. The third kappa shape index (κ3) is 3.36. The lowest BCUT2D eigenvalue weighted by molar-refractivity contribution is -0.121. The molecular weight excluding hydrogens is 328 g/mol. The predicted octanol–water partition coefficient (Wildman–Crippen LogP) is 3.73. The van der Waals surface area contributed by atoms with Crippen LogP contribution in [0.5, 0.6) is 5.75 Å². The molecule has 2 amide bonds. The Morgan fingerprint density at radius 1 is 1.29 bits per heavy atom. The van der Waals surface area contributed by atoms with E-state index in [4.69, 9.17) is 16.3 Å². The van der Waals surface area contributed by atoms with E-state index in [-0.39, 0.29) is 18.4 Å². The van der Waals surface area contributed by atoms with Gasteiger partial charge in [-0.2, -0.15) is 0 Å². The van der Waals surface area contributed by atoms with Crippen molar-refractivity contribution in [1.82, 2.24) is 0 Å². The number of carbonyl (C=O) groups excluding carboxylic acids is 2. The van der Waals surface area contributed by atoms with Crippen LogP contribution in [0.4, 0.5) is 11.4 Å². The summed E-state index contributed by atoms with van der Waals surface area (Å²) in [7, 11) is 0. The van der Waals surface area contributed by atoms with E-state index in [1.165, 1.54) is 0 Å². The minimum atomic E-state index is -0.262. The Kier molecular flexibility index (Phi) is 4.71. The summed E-state index contributed by atoms with van der Waals surface area (Å²) >= 11 is 5.92. The van der Waals surface area contributed by atoms with Crippen molar-refractivity contribution in [3.05, 3.63) is 53.1 Å². The number of ether oxygens (including phenoxy) is 1. The van der Waals surface area contributed by atoms with Crippen molar-refractivity contribution in [2.24, 2.45) is 0 Å². The molecule has 2 aromatic carbocycles. The molecule has 0 fully saturated rings. The highest BCUT2D eigenvalue weighted by Gasteiger charge is 2.25. The number of nitrogens with zero attached hydrogens (tertiary/aromatic N) is 1. The summed E-state index contributed by atoms with van der Waals surface area (Å²) in [5.74, 6) is 0.300. The number of fused-ring (bicyclic) bond motifs is 1. The minimum absolute atomic E-state index is 0.0429. The van der Waals surface area contributed by atoms with Gasteiger partial charge in [-0.25, -0.2) is 0 Å². The maximum absolute atomic E-state index is 12.3. The topological polar surface area (TPSA) is 58.6 Å². The molecule has 124 valence electrons. The molecule has 3 rings (SSSR count). The van der Waals surface area contributed by atoms with Crippen LogP contribution in [0.25, 0.3) is 0 Å². The summed E-state index contributed by atoms with van der Waals surface area (Å²) in [6.45, 7) is 2.66. The number of anilines is 2. The van der Waals surface area contributed by atoms with E-state index in [1.54, 1.807) is 47.4 Å².